The Morgan fingerprint density at radius 3 is 2.50 bits per heavy atom. The number of aliphatic hydroxyl groups is 1. The fourth-order valence-electron chi connectivity index (χ4n) is 1.67. The van der Waals surface area contributed by atoms with Gasteiger partial charge in [0.1, 0.15) is 12.4 Å². The third-order valence-corrected chi connectivity index (χ3v) is 2.61. The fraction of sp³-hybridized carbons (Fsp3) is 0.429. The Labute approximate surface area is 115 Å². The van der Waals surface area contributed by atoms with Crippen LogP contribution in [0.3, 0.4) is 0 Å². The van der Waals surface area contributed by atoms with Crippen LogP contribution in [0.25, 0.3) is 0 Å². The van der Waals surface area contributed by atoms with Crippen LogP contribution in [0.5, 0.6) is 0 Å². The van der Waals surface area contributed by atoms with Crippen LogP contribution in [-0.2, 0) is 6.54 Å². The second-order valence-electron chi connectivity index (χ2n) is 4.18. The zero-order valence-electron chi connectivity index (χ0n) is 11.0. The maximum Gasteiger partial charge on any atom is 0.401 e. The van der Waals surface area contributed by atoms with E-state index in [1.165, 1.54) is 12.1 Å². The van der Waals surface area contributed by atoms with Crippen LogP contribution in [0.4, 0.5) is 17.6 Å². The van der Waals surface area contributed by atoms with Crippen molar-refractivity contribution in [3.8, 4) is 11.8 Å². The Balaban J connectivity index is 2.81. The van der Waals surface area contributed by atoms with Crippen molar-refractivity contribution in [2.45, 2.75) is 19.6 Å². The smallest absolute Gasteiger partial charge is 0.384 e. The molecule has 110 valence electrons. The van der Waals surface area contributed by atoms with Crippen molar-refractivity contribution in [3.05, 3.63) is 35.1 Å². The number of rotatable bonds is 4. The highest BCUT2D eigenvalue weighted by atomic mass is 19.4. The van der Waals surface area contributed by atoms with Crippen LogP contribution < -0.4 is 0 Å². The summed E-state index contributed by atoms with van der Waals surface area (Å²) in [4.78, 5) is 1.11. The molecule has 1 aromatic carbocycles. The molecule has 0 aliphatic carbocycles. The summed E-state index contributed by atoms with van der Waals surface area (Å²) in [6.07, 6.45) is -4.31. The Morgan fingerprint density at radius 1 is 1.30 bits per heavy atom. The number of aliphatic hydroxyl groups excluding tert-OH is 1. The first-order valence-electron chi connectivity index (χ1n) is 6.03. The summed E-state index contributed by atoms with van der Waals surface area (Å²) >= 11 is 0. The second kappa shape index (κ2) is 7.27. The van der Waals surface area contributed by atoms with Crippen molar-refractivity contribution in [2.75, 3.05) is 19.7 Å². The molecule has 0 spiro atoms. The van der Waals surface area contributed by atoms with Crippen molar-refractivity contribution in [1.82, 2.24) is 4.90 Å². The van der Waals surface area contributed by atoms with Gasteiger partial charge in [-0.3, -0.25) is 4.90 Å². The van der Waals surface area contributed by atoms with Crippen molar-refractivity contribution in [1.29, 1.82) is 0 Å². The van der Waals surface area contributed by atoms with Crippen LogP contribution in [0.2, 0.25) is 0 Å². The van der Waals surface area contributed by atoms with E-state index >= 15 is 0 Å². The van der Waals surface area contributed by atoms with E-state index in [4.69, 9.17) is 5.11 Å². The summed E-state index contributed by atoms with van der Waals surface area (Å²) in [7, 11) is 0. The zero-order chi connectivity index (χ0) is 15.2. The number of nitrogens with zero attached hydrogens (tertiary/aromatic N) is 1. The van der Waals surface area contributed by atoms with Gasteiger partial charge in [0.25, 0.3) is 0 Å². The van der Waals surface area contributed by atoms with Gasteiger partial charge in [0.15, 0.2) is 0 Å². The van der Waals surface area contributed by atoms with Gasteiger partial charge in [-0.15, -0.1) is 0 Å². The van der Waals surface area contributed by atoms with Crippen molar-refractivity contribution in [3.63, 3.8) is 0 Å². The predicted octanol–water partition coefficient (Wildman–Crippen LogP) is 2.55. The maximum atomic E-state index is 13.8. The van der Waals surface area contributed by atoms with Crippen LogP contribution in [-0.4, -0.2) is 35.9 Å². The Kier molecular flexibility index (Phi) is 5.99. The summed E-state index contributed by atoms with van der Waals surface area (Å²) in [5, 5.41) is 8.53. The van der Waals surface area contributed by atoms with Gasteiger partial charge in [-0.05, 0) is 18.7 Å². The molecule has 0 unspecified atom stereocenters. The minimum Gasteiger partial charge on any atom is -0.384 e. The molecular formula is C14H15F4NO. The van der Waals surface area contributed by atoms with Gasteiger partial charge in [0, 0.05) is 17.7 Å². The average Bonchev–Trinajstić information content (AvgIpc) is 2.36. The first-order chi connectivity index (χ1) is 9.35. The molecule has 1 aromatic rings. The highest BCUT2D eigenvalue weighted by molar-refractivity contribution is 5.37. The highest BCUT2D eigenvalue weighted by Crippen LogP contribution is 2.19. The van der Waals surface area contributed by atoms with Gasteiger partial charge in [0.05, 0.1) is 6.54 Å². The molecule has 0 aliphatic rings. The fourth-order valence-corrected chi connectivity index (χ4v) is 1.67. The Morgan fingerprint density at radius 2 is 2.00 bits per heavy atom. The Hall–Kier alpha value is -1.58. The van der Waals surface area contributed by atoms with E-state index in [0.29, 0.717) is 5.56 Å². The van der Waals surface area contributed by atoms with E-state index in [-0.39, 0.29) is 25.3 Å². The molecule has 0 aliphatic heterocycles. The van der Waals surface area contributed by atoms with Gasteiger partial charge in [-0.2, -0.15) is 13.2 Å². The molecule has 0 amide bonds. The monoisotopic (exact) mass is 289 g/mol. The van der Waals surface area contributed by atoms with Crippen LogP contribution in [0, 0.1) is 17.7 Å². The van der Waals surface area contributed by atoms with Gasteiger partial charge in [-0.25, -0.2) is 4.39 Å². The van der Waals surface area contributed by atoms with Gasteiger partial charge in [0.2, 0.25) is 0 Å². The van der Waals surface area contributed by atoms with E-state index in [9.17, 15) is 17.6 Å². The molecule has 6 heteroatoms. The first-order valence-corrected chi connectivity index (χ1v) is 6.03. The largest absolute Gasteiger partial charge is 0.401 e. The number of halogens is 4. The lowest BCUT2D eigenvalue weighted by Gasteiger charge is -2.22. The summed E-state index contributed by atoms with van der Waals surface area (Å²) in [6.45, 7) is 0.235. The summed E-state index contributed by atoms with van der Waals surface area (Å²) in [5.41, 5.74) is 0.560. The minimum atomic E-state index is -4.31. The highest BCUT2D eigenvalue weighted by Gasteiger charge is 2.30. The van der Waals surface area contributed by atoms with E-state index in [2.05, 4.69) is 11.8 Å². The lowest BCUT2D eigenvalue weighted by atomic mass is 10.1. The lowest BCUT2D eigenvalue weighted by Crippen LogP contribution is -2.33. The summed E-state index contributed by atoms with van der Waals surface area (Å²) < 4.78 is 50.7. The van der Waals surface area contributed by atoms with Gasteiger partial charge >= 0.3 is 6.18 Å². The topological polar surface area (TPSA) is 23.5 Å². The number of benzene rings is 1. The van der Waals surface area contributed by atoms with E-state index in [0.717, 1.165) is 11.0 Å². The number of hydrogen-bond donors (Lipinski definition) is 1. The minimum absolute atomic E-state index is 0.116. The van der Waals surface area contributed by atoms with Crippen molar-refractivity contribution in [2.24, 2.45) is 0 Å². The first kappa shape index (κ1) is 16.5. The van der Waals surface area contributed by atoms with Crippen LogP contribution in [0.15, 0.2) is 18.2 Å². The molecule has 0 aromatic heterocycles. The summed E-state index contributed by atoms with van der Waals surface area (Å²) in [6, 6.07) is 4.08. The lowest BCUT2D eigenvalue weighted by molar-refractivity contribution is -0.146. The molecule has 0 radical (unpaired) electrons. The van der Waals surface area contributed by atoms with E-state index < -0.39 is 18.5 Å². The molecule has 0 bridgehead atoms. The molecule has 0 saturated heterocycles. The van der Waals surface area contributed by atoms with Crippen molar-refractivity contribution >= 4 is 0 Å². The molecule has 1 N–H and O–H groups in total. The standard InChI is InChI=1S/C14H15F4NO/c1-2-19(10-14(16,17)18)9-12-6-5-11(4-3-7-20)8-13(12)15/h5-6,8,20H,2,7,9-10H2,1H3. The molecule has 1 rings (SSSR count). The van der Waals surface area contributed by atoms with Crippen molar-refractivity contribution < 1.29 is 22.7 Å². The normalized spacial score (nSPS) is 11.3. The molecule has 20 heavy (non-hydrogen) atoms. The molecule has 2 nitrogen and oxygen atoms in total. The third-order valence-electron chi connectivity index (χ3n) is 2.61. The molecule has 0 saturated carbocycles. The predicted molar refractivity (Wildman–Crippen MR) is 67.4 cm³/mol. The maximum absolute atomic E-state index is 13.8. The summed E-state index contributed by atoms with van der Waals surface area (Å²) in [5.74, 6) is 4.31. The van der Waals surface area contributed by atoms with Crippen LogP contribution >= 0.6 is 0 Å². The molecule has 0 fully saturated rings. The number of hydrogen-bond acceptors (Lipinski definition) is 2. The SMILES string of the molecule is CCN(Cc1ccc(C#CCO)cc1F)CC(F)(F)F. The molecular weight excluding hydrogens is 274 g/mol. The quantitative estimate of drug-likeness (QED) is 0.680. The number of alkyl halides is 3. The van der Waals surface area contributed by atoms with Gasteiger partial charge < -0.3 is 5.11 Å². The third kappa shape index (κ3) is 5.59. The Bertz CT molecular complexity index is 502. The van der Waals surface area contributed by atoms with E-state index in [1.807, 2.05) is 0 Å². The second-order valence-corrected chi connectivity index (χ2v) is 4.18. The van der Waals surface area contributed by atoms with Gasteiger partial charge in [-0.1, -0.05) is 24.8 Å². The average molecular weight is 289 g/mol. The van der Waals surface area contributed by atoms with E-state index in [1.54, 1.807) is 6.92 Å². The zero-order valence-corrected chi connectivity index (χ0v) is 11.0. The van der Waals surface area contributed by atoms with Crippen LogP contribution in [0.1, 0.15) is 18.1 Å². The molecule has 0 atom stereocenters. The molecule has 0 heterocycles.